The molecule has 0 aliphatic carbocycles. The average Bonchev–Trinajstić information content (AvgIpc) is 2.75. The van der Waals surface area contributed by atoms with Gasteiger partial charge in [0, 0.05) is 11.9 Å². The number of hydrogen-bond donors (Lipinski definition) is 4. The number of amides is 1. The number of aromatic nitrogens is 2. The number of H-pyrrole nitrogens is 2. The van der Waals surface area contributed by atoms with Crippen molar-refractivity contribution in [3.63, 3.8) is 0 Å². The molecule has 0 atom stereocenters. The summed E-state index contributed by atoms with van der Waals surface area (Å²) in [7, 11) is -3.84. The number of carbonyl (C=O) groups is 1. The van der Waals surface area contributed by atoms with E-state index in [0.717, 1.165) is 0 Å². The first-order valence-corrected chi connectivity index (χ1v) is 6.63. The Morgan fingerprint density at radius 3 is 2.63 bits per heavy atom. The molecule has 1 aromatic heterocycles. The Bertz CT molecular complexity index is 775. The lowest BCUT2D eigenvalue weighted by Gasteiger charge is -2.05. The van der Waals surface area contributed by atoms with Gasteiger partial charge >= 0.3 is 5.69 Å². The van der Waals surface area contributed by atoms with Crippen molar-refractivity contribution < 1.29 is 13.2 Å². The molecule has 2 rings (SSSR count). The average molecular weight is 282 g/mol. The lowest BCUT2D eigenvalue weighted by atomic mass is 10.3. The summed E-state index contributed by atoms with van der Waals surface area (Å²) in [6.45, 7) is 0. The molecule has 1 aromatic carbocycles. The minimum absolute atomic E-state index is 0.0333. The van der Waals surface area contributed by atoms with Gasteiger partial charge < -0.3 is 15.3 Å². The van der Waals surface area contributed by atoms with Gasteiger partial charge in [0.1, 0.15) is 5.69 Å². The molecule has 5 N–H and O–H groups in total. The molecule has 0 fully saturated rings. The molecule has 2 aromatic rings. The van der Waals surface area contributed by atoms with Crippen LogP contribution in [0.4, 0.5) is 5.69 Å². The van der Waals surface area contributed by atoms with E-state index in [-0.39, 0.29) is 16.3 Å². The largest absolute Gasteiger partial charge is 0.323 e. The fraction of sp³-hybridized carbons (Fsp3) is 0. The molecule has 9 heteroatoms. The number of rotatable bonds is 3. The van der Waals surface area contributed by atoms with E-state index in [4.69, 9.17) is 5.14 Å². The molecule has 0 spiro atoms. The number of imidazole rings is 1. The maximum absolute atomic E-state index is 11.7. The van der Waals surface area contributed by atoms with Gasteiger partial charge in [-0.05, 0) is 18.2 Å². The minimum atomic E-state index is -3.84. The summed E-state index contributed by atoms with van der Waals surface area (Å²) < 4.78 is 22.3. The highest BCUT2D eigenvalue weighted by molar-refractivity contribution is 7.89. The van der Waals surface area contributed by atoms with Crippen molar-refractivity contribution in [1.82, 2.24) is 9.97 Å². The number of aromatic amines is 2. The molecular formula is C10H10N4O4S. The van der Waals surface area contributed by atoms with Crippen molar-refractivity contribution in [2.24, 2.45) is 5.14 Å². The van der Waals surface area contributed by atoms with E-state index < -0.39 is 21.6 Å². The van der Waals surface area contributed by atoms with Gasteiger partial charge in [-0.25, -0.2) is 18.4 Å². The Morgan fingerprint density at radius 2 is 2.05 bits per heavy atom. The zero-order chi connectivity index (χ0) is 14.0. The second-order valence-corrected chi connectivity index (χ2v) is 5.24. The maximum atomic E-state index is 11.7. The second kappa shape index (κ2) is 4.71. The molecule has 0 saturated carbocycles. The molecular weight excluding hydrogens is 272 g/mol. The number of benzene rings is 1. The van der Waals surface area contributed by atoms with Gasteiger partial charge in [-0.15, -0.1) is 0 Å². The molecule has 19 heavy (non-hydrogen) atoms. The zero-order valence-electron chi connectivity index (χ0n) is 9.51. The van der Waals surface area contributed by atoms with Crippen molar-refractivity contribution in [3.8, 4) is 0 Å². The van der Waals surface area contributed by atoms with Gasteiger partial charge in [0.2, 0.25) is 10.0 Å². The highest BCUT2D eigenvalue weighted by atomic mass is 32.2. The molecule has 0 aliphatic rings. The smallest absolute Gasteiger partial charge is 0.321 e. The summed E-state index contributed by atoms with van der Waals surface area (Å²) in [6, 6.07) is 5.47. The molecule has 0 aliphatic heterocycles. The Kier molecular flexibility index (Phi) is 3.23. The standard InChI is InChI=1S/C10H10N4O4S/c11-19(17,18)7-3-1-2-6(4-7)13-9(15)8-5-12-10(16)14-8/h1-5H,(H,13,15)(H2,11,17,18)(H2,12,14,16). The van der Waals surface area contributed by atoms with Gasteiger partial charge in [0.25, 0.3) is 5.91 Å². The molecule has 0 radical (unpaired) electrons. The van der Waals surface area contributed by atoms with E-state index in [1.807, 2.05) is 0 Å². The predicted molar refractivity (Wildman–Crippen MR) is 67.2 cm³/mol. The van der Waals surface area contributed by atoms with Gasteiger partial charge in [0.15, 0.2) is 0 Å². The number of primary sulfonamides is 1. The molecule has 100 valence electrons. The first kappa shape index (κ1) is 13.1. The first-order chi connectivity index (χ1) is 8.86. The SMILES string of the molecule is NS(=O)(=O)c1cccc(NC(=O)c2c[nH]c(=O)[nH]2)c1. The van der Waals surface area contributed by atoms with Gasteiger partial charge in [-0.3, -0.25) is 4.79 Å². The van der Waals surface area contributed by atoms with Crippen LogP contribution in [-0.4, -0.2) is 24.3 Å². The number of anilines is 1. The lowest BCUT2D eigenvalue weighted by Crippen LogP contribution is -2.15. The Balaban J connectivity index is 2.25. The van der Waals surface area contributed by atoms with Crippen molar-refractivity contribution in [1.29, 1.82) is 0 Å². The van der Waals surface area contributed by atoms with Crippen LogP contribution in [-0.2, 0) is 10.0 Å². The molecule has 0 bridgehead atoms. The number of sulfonamides is 1. The van der Waals surface area contributed by atoms with Crippen LogP contribution in [0.2, 0.25) is 0 Å². The number of nitrogens with two attached hydrogens (primary N) is 1. The fourth-order valence-electron chi connectivity index (χ4n) is 1.40. The van der Waals surface area contributed by atoms with E-state index in [9.17, 15) is 18.0 Å². The third-order valence-electron chi connectivity index (χ3n) is 2.26. The van der Waals surface area contributed by atoms with Crippen LogP contribution >= 0.6 is 0 Å². The van der Waals surface area contributed by atoms with E-state index in [1.54, 1.807) is 0 Å². The molecule has 0 unspecified atom stereocenters. The number of nitrogens with one attached hydrogen (secondary N) is 3. The quantitative estimate of drug-likeness (QED) is 0.608. The van der Waals surface area contributed by atoms with Gasteiger partial charge in [0.05, 0.1) is 4.90 Å². The Hall–Kier alpha value is -2.39. The van der Waals surface area contributed by atoms with Gasteiger partial charge in [-0.2, -0.15) is 0 Å². The van der Waals surface area contributed by atoms with Crippen LogP contribution in [0.15, 0.2) is 40.2 Å². The van der Waals surface area contributed by atoms with Crippen LogP contribution in [0.25, 0.3) is 0 Å². The van der Waals surface area contributed by atoms with Crippen LogP contribution in [0.1, 0.15) is 10.5 Å². The summed E-state index contributed by atoms with van der Waals surface area (Å²) in [4.78, 5) is 27.0. The van der Waals surface area contributed by atoms with E-state index in [1.165, 1.54) is 30.5 Å². The van der Waals surface area contributed by atoms with Gasteiger partial charge in [-0.1, -0.05) is 6.07 Å². The summed E-state index contributed by atoms with van der Waals surface area (Å²) in [5.41, 5.74) is -0.229. The van der Waals surface area contributed by atoms with Crippen molar-refractivity contribution in [2.45, 2.75) is 4.90 Å². The summed E-state index contributed by atoms with van der Waals surface area (Å²) in [5.74, 6) is -0.579. The Morgan fingerprint density at radius 1 is 1.32 bits per heavy atom. The first-order valence-electron chi connectivity index (χ1n) is 5.08. The molecule has 1 heterocycles. The van der Waals surface area contributed by atoms with E-state index in [0.29, 0.717) is 0 Å². The zero-order valence-corrected chi connectivity index (χ0v) is 10.3. The van der Waals surface area contributed by atoms with Crippen LogP contribution < -0.4 is 16.1 Å². The van der Waals surface area contributed by atoms with E-state index >= 15 is 0 Å². The number of carbonyl (C=O) groups excluding carboxylic acids is 1. The van der Waals surface area contributed by atoms with Crippen molar-refractivity contribution >= 4 is 21.6 Å². The summed E-state index contributed by atoms with van der Waals surface area (Å²) >= 11 is 0. The van der Waals surface area contributed by atoms with Crippen molar-refractivity contribution in [3.05, 3.63) is 46.6 Å². The lowest BCUT2D eigenvalue weighted by molar-refractivity contribution is 0.102. The highest BCUT2D eigenvalue weighted by Crippen LogP contribution is 2.14. The molecule has 1 amide bonds. The number of hydrogen-bond acceptors (Lipinski definition) is 4. The highest BCUT2D eigenvalue weighted by Gasteiger charge is 2.11. The normalized spacial score (nSPS) is 11.2. The summed E-state index contributed by atoms with van der Waals surface area (Å²) in [6.07, 6.45) is 1.21. The monoisotopic (exact) mass is 282 g/mol. The third kappa shape index (κ3) is 3.09. The topological polar surface area (TPSA) is 138 Å². The third-order valence-corrected chi connectivity index (χ3v) is 3.17. The van der Waals surface area contributed by atoms with Crippen LogP contribution in [0.5, 0.6) is 0 Å². The van der Waals surface area contributed by atoms with Crippen LogP contribution in [0.3, 0.4) is 0 Å². The Labute approximate surface area is 107 Å². The minimum Gasteiger partial charge on any atom is -0.321 e. The molecule has 8 nitrogen and oxygen atoms in total. The maximum Gasteiger partial charge on any atom is 0.323 e. The molecule has 0 saturated heterocycles. The summed E-state index contributed by atoms with van der Waals surface area (Å²) in [5, 5.41) is 7.41. The second-order valence-electron chi connectivity index (χ2n) is 3.68. The van der Waals surface area contributed by atoms with E-state index in [2.05, 4.69) is 15.3 Å². The van der Waals surface area contributed by atoms with Crippen molar-refractivity contribution in [2.75, 3.05) is 5.32 Å². The van der Waals surface area contributed by atoms with Crippen LogP contribution in [0, 0.1) is 0 Å². The predicted octanol–water partition coefficient (Wildman–Crippen LogP) is -0.397. The fourth-order valence-corrected chi connectivity index (χ4v) is 1.96.